The van der Waals surface area contributed by atoms with E-state index in [-0.39, 0.29) is 6.61 Å². The predicted octanol–water partition coefficient (Wildman–Crippen LogP) is 2.16. The van der Waals surface area contributed by atoms with Crippen molar-refractivity contribution in [2.45, 2.75) is 25.4 Å². The van der Waals surface area contributed by atoms with Gasteiger partial charge in [0.25, 0.3) is 0 Å². The monoisotopic (exact) mass is 279 g/mol. The minimum absolute atomic E-state index is 0.178. The number of hydrogen-bond donors (Lipinski definition) is 2. The van der Waals surface area contributed by atoms with Crippen molar-refractivity contribution >= 4 is 17.4 Å². The third-order valence-corrected chi connectivity index (χ3v) is 3.75. The standard InChI is InChI=1S/C14H21N3OS/c1-11(2)9-15-10-12-14(19-8-7-18)16-13-5-3-4-6-17(12)13/h3-6,11,15,18H,7-10H2,1-2H3. The fraction of sp³-hybridized carbons (Fsp3) is 0.500. The van der Waals surface area contributed by atoms with Crippen LogP contribution in [0, 0.1) is 5.92 Å². The van der Waals surface area contributed by atoms with Gasteiger partial charge < -0.3 is 14.8 Å². The van der Waals surface area contributed by atoms with Crippen molar-refractivity contribution < 1.29 is 5.11 Å². The van der Waals surface area contributed by atoms with Gasteiger partial charge in [-0.3, -0.25) is 0 Å². The van der Waals surface area contributed by atoms with Crippen molar-refractivity contribution in [2.75, 3.05) is 18.9 Å². The molecule has 0 radical (unpaired) electrons. The molecule has 0 saturated heterocycles. The smallest absolute Gasteiger partial charge is 0.138 e. The number of hydrogen-bond acceptors (Lipinski definition) is 4. The lowest BCUT2D eigenvalue weighted by Crippen LogP contribution is -2.20. The Morgan fingerprint density at radius 1 is 1.42 bits per heavy atom. The first kappa shape index (κ1) is 14.4. The molecule has 0 saturated carbocycles. The van der Waals surface area contributed by atoms with Crippen molar-refractivity contribution in [1.29, 1.82) is 0 Å². The Kier molecular flexibility index (Phi) is 5.24. The number of fused-ring (bicyclic) bond motifs is 1. The van der Waals surface area contributed by atoms with E-state index < -0.39 is 0 Å². The minimum atomic E-state index is 0.178. The Balaban J connectivity index is 2.21. The zero-order chi connectivity index (χ0) is 13.7. The van der Waals surface area contributed by atoms with Crippen LogP contribution in [0.5, 0.6) is 0 Å². The van der Waals surface area contributed by atoms with Crippen LogP contribution in [0.4, 0.5) is 0 Å². The SMILES string of the molecule is CC(C)CNCc1c(SCCO)nc2ccccn12. The number of aliphatic hydroxyl groups excluding tert-OH is 1. The van der Waals surface area contributed by atoms with Gasteiger partial charge in [0.05, 0.1) is 12.3 Å². The Hall–Kier alpha value is -1.04. The normalized spacial score (nSPS) is 11.6. The highest BCUT2D eigenvalue weighted by atomic mass is 32.2. The summed E-state index contributed by atoms with van der Waals surface area (Å²) in [6.45, 7) is 6.37. The summed E-state index contributed by atoms with van der Waals surface area (Å²) in [5.74, 6) is 1.31. The van der Waals surface area contributed by atoms with E-state index in [2.05, 4.69) is 28.5 Å². The molecule has 2 rings (SSSR count). The molecule has 0 bridgehead atoms. The summed E-state index contributed by atoms with van der Waals surface area (Å²) in [6, 6.07) is 6.02. The van der Waals surface area contributed by atoms with E-state index in [1.807, 2.05) is 24.4 Å². The van der Waals surface area contributed by atoms with Crippen LogP contribution in [-0.2, 0) is 6.54 Å². The van der Waals surface area contributed by atoms with Gasteiger partial charge in [0.2, 0.25) is 0 Å². The van der Waals surface area contributed by atoms with Gasteiger partial charge in [0.15, 0.2) is 0 Å². The zero-order valence-electron chi connectivity index (χ0n) is 11.5. The molecule has 0 aromatic carbocycles. The molecule has 19 heavy (non-hydrogen) atoms. The lowest BCUT2D eigenvalue weighted by Gasteiger charge is -2.08. The van der Waals surface area contributed by atoms with Crippen molar-refractivity contribution in [3.8, 4) is 0 Å². The molecule has 0 amide bonds. The number of pyridine rings is 1. The molecule has 2 aromatic rings. The first-order valence-corrected chi connectivity index (χ1v) is 7.61. The second kappa shape index (κ2) is 6.93. The van der Waals surface area contributed by atoms with E-state index in [9.17, 15) is 0 Å². The van der Waals surface area contributed by atoms with Gasteiger partial charge >= 0.3 is 0 Å². The summed E-state index contributed by atoms with van der Waals surface area (Å²) in [5.41, 5.74) is 2.14. The summed E-state index contributed by atoms with van der Waals surface area (Å²) < 4.78 is 2.12. The van der Waals surface area contributed by atoms with Gasteiger partial charge in [-0.15, -0.1) is 11.8 Å². The number of nitrogens with zero attached hydrogens (tertiary/aromatic N) is 2. The van der Waals surface area contributed by atoms with Crippen LogP contribution in [0.15, 0.2) is 29.4 Å². The fourth-order valence-corrected chi connectivity index (χ4v) is 2.70. The third-order valence-electron chi connectivity index (χ3n) is 2.77. The molecule has 104 valence electrons. The molecule has 0 aliphatic carbocycles. The van der Waals surface area contributed by atoms with Gasteiger partial charge in [-0.1, -0.05) is 19.9 Å². The lowest BCUT2D eigenvalue weighted by atomic mass is 10.2. The Morgan fingerprint density at radius 3 is 3.00 bits per heavy atom. The molecule has 0 fully saturated rings. The maximum absolute atomic E-state index is 8.97. The Labute approximate surface area is 118 Å². The van der Waals surface area contributed by atoms with Gasteiger partial charge in [0, 0.05) is 18.5 Å². The quantitative estimate of drug-likeness (QED) is 0.763. The molecule has 2 heterocycles. The highest BCUT2D eigenvalue weighted by molar-refractivity contribution is 7.99. The van der Waals surface area contributed by atoms with E-state index in [0.717, 1.165) is 23.8 Å². The number of nitrogens with one attached hydrogen (secondary N) is 1. The molecule has 0 unspecified atom stereocenters. The molecule has 0 spiro atoms. The zero-order valence-corrected chi connectivity index (χ0v) is 12.3. The average Bonchev–Trinajstić information content (AvgIpc) is 2.74. The van der Waals surface area contributed by atoms with Crippen LogP contribution in [-0.4, -0.2) is 33.4 Å². The van der Waals surface area contributed by atoms with Crippen LogP contribution in [0.3, 0.4) is 0 Å². The van der Waals surface area contributed by atoms with Gasteiger partial charge in [-0.05, 0) is 24.6 Å². The maximum atomic E-state index is 8.97. The van der Waals surface area contributed by atoms with Gasteiger partial charge in [0.1, 0.15) is 10.7 Å². The van der Waals surface area contributed by atoms with Gasteiger partial charge in [-0.2, -0.15) is 0 Å². The summed E-state index contributed by atoms with van der Waals surface area (Å²) in [4.78, 5) is 4.62. The van der Waals surface area contributed by atoms with Crippen LogP contribution < -0.4 is 5.32 Å². The molecular formula is C14H21N3OS. The summed E-state index contributed by atoms with van der Waals surface area (Å²) >= 11 is 1.61. The molecule has 2 aromatic heterocycles. The molecular weight excluding hydrogens is 258 g/mol. The number of thioether (sulfide) groups is 1. The second-order valence-electron chi connectivity index (χ2n) is 4.89. The summed E-state index contributed by atoms with van der Waals surface area (Å²) in [5, 5.41) is 13.4. The van der Waals surface area contributed by atoms with Crippen molar-refractivity contribution in [3.05, 3.63) is 30.1 Å². The van der Waals surface area contributed by atoms with Gasteiger partial charge in [-0.25, -0.2) is 4.98 Å². The molecule has 0 atom stereocenters. The Bertz CT molecular complexity index is 524. The number of aromatic nitrogens is 2. The van der Waals surface area contributed by atoms with Crippen LogP contribution >= 0.6 is 11.8 Å². The molecule has 0 aliphatic heterocycles. The molecule has 0 aliphatic rings. The maximum Gasteiger partial charge on any atom is 0.138 e. The van der Waals surface area contributed by atoms with Crippen LogP contribution in [0.25, 0.3) is 5.65 Å². The van der Waals surface area contributed by atoms with E-state index in [1.54, 1.807) is 11.8 Å². The summed E-state index contributed by atoms with van der Waals surface area (Å²) in [6.07, 6.45) is 2.04. The van der Waals surface area contributed by atoms with E-state index in [1.165, 1.54) is 5.69 Å². The number of imidazole rings is 1. The Morgan fingerprint density at radius 2 is 2.26 bits per heavy atom. The number of rotatable bonds is 7. The first-order chi connectivity index (χ1) is 9.22. The number of aliphatic hydroxyl groups is 1. The fourth-order valence-electron chi connectivity index (χ4n) is 1.92. The van der Waals surface area contributed by atoms with E-state index in [0.29, 0.717) is 11.7 Å². The lowest BCUT2D eigenvalue weighted by molar-refractivity contribution is 0.322. The molecule has 5 heteroatoms. The van der Waals surface area contributed by atoms with Crippen molar-refractivity contribution in [2.24, 2.45) is 5.92 Å². The van der Waals surface area contributed by atoms with Crippen molar-refractivity contribution in [3.63, 3.8) is 0 Å². The van der Waals surface area contributed by atoms with E-state index in [4.69, 9.17) is 5.11 Å². The topological polar surface area (TPSA) is 49.6 Å². The van der Waals surface area contributed by atoms with E-state index >= 15 is 0 Å². The average molecular weight is 279 g/mol. The molecule has 2 N–H and O–H groups in total. The predicted molar refractivity (Wildman–Crippen MR) is 79.5 cm³/mol. The highest BCUT2D eigenvalue weighted by Gasteiger charge is 2.11. The van der Waals surface area contributed by atoms with Crippen LogP contribution in [0.1, 0.15) is 19.5 Å². The molecule has 4 nitrogen and oxygen atoms in total. The largest absolute Gasteiger partial charge is 0.396 e. The highest BCUT2D eigenvalue weighted by Crippen LogP contribution is 2.23. The van der Waals surface area contributed by atoms with Crippen molar-refractivity contribution in [1.82, 2.24) is 14.7 Å². The minimum Gasteiger partial charge on any atom is -0.396 e. The summed E-state index contributed by atoms with van der Waals surface area (Å²) in [7, 11) is 0. The first-order valence-electron chi connectivity index (χ1n) is 6.62. The van der Waals surface area contributed by atoms with Crippen LogP contribution in [0.2, 0.25) is 0 Å². The second-order valence-corrected chi connectivity index (χ2v) is 5.97. The third kappa shape index (κ3) is 3.72.